The molecule has 0 aliphatic heterocycles. The van der Waals surface area contributed by atoms with Crippen molar-refractivity contribution < 1.29 is 4.79 Å². The summed E-state index contributed by atoms with van der Waals surface area (Å²) >= 11 is 6.13. The first-order chi connectivity index (χ1) is 14.4. The van der Waals surface area contributed by atoms with Gasteiger partial charge in [0.25, 0.3) is 11.5 Å². The average molecular weight is 427 g/mol. The average Bonchev–Trinajstić information content (AvgIpc) is 2.74. The van der Waals surface area contributed by atoms with Gasteiger partial charge in [0.1, 0.15) is 5.56 Å². The second-order valence-corrected chi connectivity index (χ2v) is 7.07. The van der Waals surface area contributed by atoms with Gasteiger partial charge in [-0.15, -0.1) is 0 Å². The largest absolute Gasteiger partial charge is 0.372 e. The molecule has 2 aromatic carbocycles. The molecule has 2 N–H and O–H groups in total. The number of carbonyl (C=O) groups excluding carboxylic acids is 1. The number of carbonyl (C=O) groups is 1. The molecule has 1 heterocycles. The molecular formula is C22H23ClN4O3. The van der Waals surface area contributed by atoms with E-state index < -0.39 is 17.2 Å². The molecule has 3 aromatic rings. The molecule has 1 aromatic heterocycles. The number of H-pyrrole nitrogens is 1. The number of rotatable bonds is 7. The van der Waals surface area contributed by atoms with E-state index in [0.29, 0.717) is 16.3 Å². The molecule has 7 nitrogen and oxygen atoms in total. The summed E-state index contributed by atoms with van der Waals surface area (Å²) in [7, 11) is 0. The first-order valence-electron chi connectivity index (χ1n) is 9.66. The topological polar surface area (TPSA) is 87.2 Å². The fraction of sp³-hybridized carbons (Fsp3) is 0.227. The van der Waals surface area contributed by atoms with Gasteiger partial charge in [0.15, 0.2) is 0 Å². The van der Waals surface area contributed by atoms with Gasteiger partial charge >= 0.3 is 5.69 Å². The Morgan fingerprint density at radius 2 is 1.73 bits per heavy atom. The highest BCUT2D eigenvalue weighted by Crippen LogP contribution is 2.18. The third kappa shape index (κ3) is 4.63. The summed E-state index contributed by atoms with van der Waals surface area (Å²) in [5.74, 6) is -0.597. The van der Waals surface area contributed by atoms with Gasteiger partial charge in [0.05, 0.1) is 6.54 Å². The molecule has 3 rings (SSSR count). The number of aromatic nitrogens is 2. The lowest BCUT2D eigenvalue weighted by Crippen LogP contribution is -2.39. The van der Waals surface area contributed by atoms with Crippen molar-refractivity contribution in [2.75, 3.05) is 23.3 Å². The molecule has 0 fully saturated rings. The zero-order valence-electron chi connectivity index (χ0n) is 16.8. The lowest BCUT2D eigenvalue weighted by molar-refractivity contribution is 0.102. The predicted octanol–water partition coefficient (Wildman–Crippen LogP) is 3.34. The molecule has 0 bridgehead atoms. The summed E-state index contributed by atoms with van der Waals surface area (Å²) in [6.45, 7) is 5.87. The third-order valence-electron chi connectivity index (χ3n) is 4.85. The molecule has 0 radical (unpaired) electrons. The Labute approximate surface area is 178 Å². The molecule has 8 heteroatoms. The Hall–Kier alpha value is -3.32. The fourth-order valence-corrected chi connectivity index (χ4v) is 3.35. The summed E-state index contributed by atoms with van der Waals surface area (Å²) in [6, 6.07) is 14.3. The maximum absolute atomic E-state index is 12.8. The van der Waals surface area contributed by atoms with Crippen LogP contribution in [0.5, 0.6) is 0 Å². The second kappa shape index (κ2) is 9.45. The molecule has 0 saturated carbocycles. The summed E-state index contributed by atoms with van der Waals surface area (Å²) in [4.78, 5) is 42.3. The van der Waals surface area contributed by atoms with Crippen molar-refractivity contribution in [3.8, 4) is 0 Å². The second-order valence-electron chi connectivity index (χ2n) is 6.66. The Kier molecular flexibility index (Phi) is 6.74. The van der Waals surface area contributed by atoms with Gasteiger partial charge in [0.2, 0.25) is 0 Å². The normalized spacial score (nSPS) is 10.6. The Bertz CT molecular complexity index is 1150. The summed E-state index contributed by atoms with van der Waals surface area (Å²) in [6.07, 6.45) is 1.13. The van der Waals surface area contributed by atoms with Crippen molar-refractivity contribution in [1.29, 1.82) is 0 Å². The summed E-state index contributed by atoms with van der Waals surface area (Å²) in [5.41, 5.74) is 0.755. The molecule has 0 saturated heterocycles. The number of hydrogen-bond acceptors (Lipinski definition) is 4. The van der Waals surface area contributed by atoms with E-state index in [2.05, 4.69) is 29.0 Å². The van der Waals surface area contributed by atoms with E-state index in [1.54, 1.807) is 36.4 Å². The van der Waals surface area contributed by atoms with Crippen LogP contribution >= 0.6 is 11.6 Å². The molecule has 0 spiro atoms. The van der Waals surface area contributed by atoms with Gasteiger partial charge in [-0.2, -0.15) is 0 Å². The highest BCUT2D eigenvalue weighted by atomic mass is 35.5. The first kappa shape index (κ1) is 21.4. The summed E-state index contributed by atoms with van der Waals surface area (Å²) in [5, 5.41) is 3.14. The number of nitrogens with zero attached hydrogens (tertiary/aromatic N) is 2. The van der Waals surface area contributed by atoms with Gasteiger partial charge in [-0.3, -0.25) is 14.2 Å². The highest BCUT2D eigenvalue weighted by Gasteiger charge is 2.16. The van der Waals surface area contributed by atoms with E-state index in [1.165, 1.54) is 0 Å². The van der Waals surface area contributed by atoms with Crippen molar-refractivity contribution in [3.05, 3.63) is 91.7 Å². The van der Waals surface area contributed by atoms with Crippen molar-refractivity contribution >= 4 is 28.9 Å². The molecule has 1 amide bonds. The van der Waals surface area contributed by atoms with Crippen molar-refractivity contribution in [2.45, 2.75) is 20.4 Å². The minimum absolute atomic E-state index is 0.0342. The molecular weight excluding hydrogens is 404 g/mol. The molecule has 0 aliphatic rings. The molecule has 0 atom stereocenters. The van der Waals surface area contributed by atoms with Gasteiger partial charge in [-0.25, -0.2) is 4.79 Å². The van der Waals surface area contributed by atoms with Crippen LogP contribution in [-0.2, 0) is 6.54 Å². The van der Waals surface area contributed by atoms with Crippen LogP contribution in [0.4, 0.5) is 11.4 Å². The van der Waals surface area contributed by atoms with Crippen LogP contribution < -0.4 is 21.5 Å². The van der Waals surface area contributed by atoms with Crippen LogP contribution in [0.2, 0.25) is 5.02 Å². The lowest BCUT2D eigenvalue weighted by atomic mass is 10.2. The van der Waals surface area contributed by atoms with Crippen LogP contribution in [0.25, 0.3) is 0 Å². The SMILES string of the molecule is CCN(CC)c1ccc(NC(=O)c2c[nH]c(=O)n(Cc3ccccc3Cl)c2=O)cc1. The minimum atomic E-state index is -0.684. The number of halogens is 1. The number of hydrogen-bond donors (Lipinski definition) is 2. The number of aromatic amines is 1. The fourth-order valence-electron chi connectivity index (χ4n) is 3.16. The van der Waals surface area contributed by atoms with Crippen LogP contribution in [-0.4, -0.2) is 28.5 Å². The monoisotopic (exact) mass is 426 g/mol. The molecule has 156 valence electrons. The predicted molar refractivity (Wildman–Crippen MR) is 120 cm³/mol. The van der Waals surface area contributed by atoms with Gasteiger partial charge in [-0.1, -0.05) is 29.8 Å². The molecule has 0 aliphatic carbocycles. The van der Waals surface area contributed by atoms with Gasteiger partial charge in [-0.05, 0) is 49.7 Å². The van der Waals surface area contributed by atoms with E-state index >= 15 is 0 Å². The number of benzene rings is 2. The standard InChI is InChI=1S/C22H23ClN4O3/c1-3-26(4-2)17-11-9-16(10-12-17)25-20(28)18-13-24-22(30)27(21(18)29)14-15-7-5-6-8-19(15)23/h5-13H,3-4,14H2,1-2H3,(H,24,30)(H,25,28). The highest BCUT2D eigenvalue weighted by molar-refractivity contribution is 6.31. The first-order valence-corrected chi connectivity index (χ1v) is 10.0. The van der Waals surface area contributed by atoms with Crippen molar-refractivity contribution in [2.24, 2.45) is 0 Å². The van der Waals surface area contributed by atoms with E-state index in [4.69, 9.17) is 11.6 Å². The zero-order chi connectivity index (χ0) is 21.7. The van der Waals surface area contributed by atoms with Crippen LogP contribution in [0.1, 0.15) is 29.8 Å². The molecule has 30 heavy (non-hydrogen) atoms. The summed E-state index contributed by atoms with van der Waals surface area (Å²) < 4.78 is 0.958. The smallest absolute Gasteiger partial charge is 0.328 e. The maximum atomic E-state index is 12.8. The maximum Gasteiger partial charge on any atom is 0.328 e. The van der Waals surface area contributed by atoms with E-state index in [0.717, 1.165) is 29.5 Å². The van der Waals surface area contributed by atoms with Gasteiger partial charge in [0, 0.05) is 35.7 Å². The zero-order valence-corrected chi connectivity index (χ0v) is 17.6. The molecule has 0 unspecified atom stereocenters. The van der Waals surface area contributed by atoms with Crippen LogP contribution in [0, 0.1) is 0 Å². The Balaban J connectivity index is 1.84. The Morgan fingerprint density at radius 1 is 1.07 bits per heavy atom. The van der Waals surface area contributed by atoms with Crippen molar-refractivity contribution in [1.82, 2.24) is 9.55 Å². The van der Waals surface area contributed by atoms with Gasteiger partial charge < -0.3 is 15.2 Å². The van der Waals surface area contributed by atoms with E-state index in [-0.39, 0.29) is 12.1 Å². The third-order valence-corrected chi connectivity index (χ3v) is 5.21. The van der Waals surface area contributed by atoms with Crippen LogP contribution in [0.15, 0.2) is 64.3 Å². The Morgan fingerprint density at radius 3 is 2.37 bits per heavy atom. The quantitative estimate of drug-likeness (QED) is 0.606. The number of nitrogens with one attached hydrogen (secondary N) is 2. The van der Waals surface area contributed by atoms with Crippen molar-refractivity contribution in [3.63, 3.8) is 0 Å². The number of amides is 1. The lowest BCUT2D eigenvalue weighted by Gasteiger charge is -2.21. The van der Waals surface area contributed by atoms with E-state index in [1.807, 2.05) is 12.1 Å². The number of anilines is 2. The van der Waals surface area contributed by atoms with E-state index in [9.17, 15) is 14.4 Å². The van der Waals surface area contributed by atoms with Crippen LogP contribution in [0.3, 0.4) is 0 Å². The minimum Gasteiger partial charge on any atom is -0.372 e.